The van der Waals surface area contributed by atoms with Gasteiger partial charge in [0.1, 0.15) is 0 Å². The molecule has 0 radical (unpaired) electrons. The number of hydrogen-bond donors (Lipinski definition) is 0. The zero-order chi connectivity index (χ0) is 14.3. The predicted molar refractivity (Wildman–Crippen MR) is 61.6 cm³/mol. The zero-order valence-corrected chi connectivity index (χ0v) is 11.4. The third-order valence-corrected chi connectivity index (χ3v) is 3.23. The number of methoxy groups -OCH3 is 2. The average Bonchev–Trinajstić information content (AvgIpc) is 2.78. The van der Waals surface area contributed by atoms with Crippen LogP contribution in [0.1, 0.15) is 12.8 Å². The number of hydrogen-bond acceptors (Lipinski definition) is 6. The lowest BCUT2D eigenvalue weighted by molar-refractivity contribution is -0.134. The molecule has 0 aliphatic carbocycles. The number of thioether (sulfide) groups is 1. The Labute approximate surface area is 112 Å². The fourth-order valence-corrected chi connectivity index (χ4v) is 2.06. The van der Waals surface area contributed by atoms with Crippen molar-refractivity contribution < 1.29 is 22.6 Å². The Balaban J connectivity index is 2.40. The number of tetrazole rings is 1. The van der Waals surface area contributed by atoms with E-state index in [1.54, 1.807) is 0 Å². The average molecular weight is 300 g/mol. The van der Waals surface area contributed by atoms with Crippen LogP contribution in [0.3, 0.4) is 0 Å². The van der Waals surface area contributed by atoms with Crippen LogP contribution in [0.25, 0.3) is 0 Å². The molecule has 0 spiro atoms. The summed E-state index contributed by atoms with van der Waals surface area (Å²) in [5.41, 5.74) is 0. The molecule has 1 aromatic rings. The lowest BCUT2D eigenvalue weighted by Crippen LogP contribution is -2.22. The normalized spacial score (nSPS) is 12.3. The van der Waals surface area contributed by atoms with E-state index in [2.05, 4.69) is 15.5 Å². The van der Waals surface area contributed by atoms with Gasteiger partial charge in [-0.25, -0.2) is 4.68 Å². The maximum atomic E-state index is 12.0. The highest BCUT2D eigenvalue weighted by Crippen LogP contribution is 2.24. The van der Waals surface area contributed by atoms with E-state index in [4.69, 9.17) is 9.47 Å². The summed E-state index contributed by atoms with van der Waals surface area (Å²) >= 11 is 1.17. The molecule has 0 aromatic carbocycles. The number of halogens is 3. The molecular formula is C9H15F3N4O2S. The molecule has 10 heteroatoms. The maximum absolute atomic E-state index is 12.0. The highest BCUT2D eigenvalue weighted by molar-refractivity contribution is 7.99. The highest BCUT2D eigenvalue weighted by Gasteiger charge is 2.26. The molecule has 0 aliphatic rings. The number of rotatable bonds is 8. The van der Waals surface area contributed by atoms with Gasteiger partial charge < -0.3 is 9.47 Å². The second-order valence-corrected chi connectivity index (χ2v) is 4.67. The van der Waals surface area contributed by atoms with Crippen LogP contribution in [0, 0.1) is 0 Å². The van der Waals surface area contributed by atoms with E-state index in [0.717, 1.165) is 0 Å². The first-order chi connectivity index (χ1) is 8.96. The van der Waals surface area contributed by atoms with Gasteiger partial charge in [0.05, 0.1) is 6.54 Å². The highest BCUT2D eigenvalue weighted by atomic mass is 32.2. The first-order valence-corrected chi connectivity index (χ1v) is 6.46. The molecule has 0 N–H and O–H groups in total. The SMILES string of the molecule is COC(Cn1nnnc1SCCCC(F)(F)F)OC. The van der Waals surface area contributed by atoms with Gasteiger partial charge in [0, 0.05) is 26.4 Å². The Bertz CT molecular complexity index is 371. The van der Waals surface area contributed by atoms with E-state index in [-0.39, 0.29) is 13.0 Å². The van der Waals surface area contributed by atoms with Gasteiger partial charge in [-0.05, 0) is 16.8 Å². The largest absolute Gasteiger partial charge is 0.389 e. The third kappa shape index (κ3) is 6.21. The Hall–Kier alpha value is -0.870. The topological polar surface area (TPSA) is 62.1 Å². The molecule has 0 atom stereocenters. The van der Waals surface area contributed by atoms with Crippen LogP contribution in [0.2, 0.25) is 0 Å². The van der Waals surface area contributed by atoms with Crippen molar-refractivity contribution in [3.63, 3.8) is 0 Å². The monoisotopic (exact) mass is 300 g/mol. The fourth-order valence-electron chi connectivity index (χ4n) is 1.24. The first kappa shape index (κ1) is 16.2. The van der Waals surface area contributed by atoms with Gasteiger partial charge in [0.25, 0.3) is 0 Å². The van der Waals surface area contributed by atoms with Gasteiger partial charge in [-0.3, -0.25) is 0 Å². The summed E-state index contributed by atoms with van der Waals surface area (Å²) in [6, 6.07) is 0. The molecule has 0 aliphatic heterocycles. The number of alkyl halides is 3. The van der Waals surface area contributed by atoms with Gasteiger partial charge >= 0.3 is 6.18 Å². The second kappa shape index (κ2) is 7.65. The van der Waals surface area contributed by atoms with Crippen molar-refractivity contribution in [2.24, 2.45) is 0 Å². The summed E-state index contributed by atoms with van der Waals surface area (Å²) in [5.74, 6) is 0.296. The third-order valence-electron chi connectivity index (χ3n) is 2.18. The van der Waals surface area contributed by atoms with Gasteiger partial charge in [-0.2, -0.15) is 13.2 Å². The first-order valence-electron chi connectivity index (χ1n) is 5.47. The summed E-state index contributed by atoms with van der Waals surface area (Å²) in [7, 11) is 2.96. The van der Waals surface area contributed by atoms with E-state index in [1.165, 1.54) is 30.7 Å². The van der Waals surface area contributed by atoms with E-state index >= 15 is 0 Å². The summed E-state index contributed by atoms with van der Waals surface area (Å²) in [5, 5.41) is 11.4. The van der Waals surface area contributed by atoms with E-state index < -0.39 is 18.9 Å². The van der Waals surface area contributed by atoms with Crippen LogP contribution < -0.4 is 0 Å². The van der Waals surface area contributed by atoms with Crippen LogP contribution >= 0.6 is 11.8 Å². The Morgan fingerprint density at radius 2 is 2.00 bits per heavy atom. The van der Waals surface area contributed by atoms with Crippen molar-refractivity contribution in [3.05, 3.63) is 0 Å². The van der Waals surface area contributed by atoms with Crippen molar-refractivity contribution in [1.82, 2.24) is 20.2 Å². The van der Waals surface area contributed by atoms with Gasteiger partial charge in [-0.15, -0.1) is 5.10 Å². The van der Waals surface area contributed by atoms with E-state index in [9.17, 15) is 13.2 Å². The number of ether oxygens (including phenoxy) is 2. The van der Waals surface area contributed by atoms with E-state index in [1.807, 2.05) is 0 Å². The minimum atomic E-state index is -4.12. The minimum Gasteiger partial charge on any atom is -0.354 e. The maximum Gasteiger partial charge on any atom is 0.389 e. The molecule has 0 saturated carbocycles. The van der Waals surface area contributed by atoms with Gasteiger partial charge in [0.2, 0.25) is 5.16 Å². The second-order valence-electron chi connectivity index (χ2n) is 3.61. The summed E-state index contributed by atoms with van der Waals surface area (Å²) in [6.45, 7) is 0.279. The number of nitrogens with zero attached hydrogens (tertiary/aromatic N) is 4. The lowest BCUT2D eigenvalue weighted by atomic mass is 10.3. The zero-order valence-electron chi connectivity index (χ0n) is 10.6. The smallest absolute Gasteiger partial charge is 0.354 e. The molecule has 0 unspecified atom stereocenters. The van der Waals surface area contributed by atoms with E-state index in [0.29, 0.717) is 10.9 Å². The van der Waals surface area contributed by atoms with Crippen molar-refractivity contribution in [3.8, 4) is 0 Å². The van der Waals surface area contributed by atoms with Crippen LogP contribution in [0.15, 0.2) is 5.16 Å². The molecule has 110 valence electrons. The van der Waals surface area contributed by atoms with Crippen LogP contribution in [0.4, 0.5) is 13.2 Å². The summed E-state index contributed by atoms with van der Waals surface area (Å²) < 4.78 is 47.4. The molecule has 0 saturated heterocycles. The Morgan fingerprint density at radius 1 is 1.32 bits per heavy atom. The summed E-state index contributed by atoms with van der Waals surface area (Å²) in [6.07, 6.45) is -5.40. The van der Waals surface area contributed by atoms with Crippen LogP contribution in [-0.2, 0) is 16.0 Å². The van der Waals surface area contributed by atoms with Crippen molar-refractivity contribution >= 4 is 11.8 Å². The standard InChI is InChI=1S/C9H15F3N4O2S/c1-17-7(18-2)6-16-8(13-14-15-16)19-5-3-4-9(10,11)12/h7H,3-6H2,1-2H3. The Morgan fingerprint density at radius 3 is 2.58 bits per heavy atom. The molecule has 6 nitrogen and oxygen atoms in total. The van der Waals surface area contributed by atoms with Gasteiger partial charge in [-0.1, -0.05) is 11.8 Å². The molecule has 0 fully saturated rings. The lowest BCUT2D eigenvalue weighted by Gasteiger charge is -2.13. The fraction of sp³-hybridized carbons (Fsp3) is 0.889. The van der Waals surface area contributed by atoms with Crippen LogP contribution in [-0.4, -0.2) is 52.6 Å². The number of aromatic nitrogens is 4. The molecule has 1 aromatic heterocycles. The van der Waals surface area contributed by atoms with Crippen molar-refractivity contribution in [2.75, 3.05) is 20.0 Å². The van der Waals surface area contributed by atoms with Crippen LogP contribution in [0.5, 0.6) is 0 Å². The molecule has 0 bridgehead atoms. The van der Waals surface area contributed by atoms with Gasteiger partial charge in [0.15, 0.2) is 6.29 Å². The van der Waals surface area contributed by atoms with Crippen molar-refractivity contribution in [1.29, 1.82) is 0 Å². The predicted octanol–water partition coefficient (Wildman–Crippen LogP) is 1.73. The Kier molecular flexibility index (Phi) is 6.52. The molecule has 0 amide bonds. The molecule has 1 rings (SSSR count). The minimum absolute atomic E-state index is 0.0268. The van der Waals surface area contributed by atoms with Crippen molar-refractivity contribution in [2.45, 2.75) is 37.0 Å². The summed E-state index contributed by atoms with van der Waals surface area (Å²) in [4.78, 5) is 0. The molecule has 1 heterocycles. The molecular weight excluding hydrogens is 285 g/mol. The quantitative estimate of drug-likeness (QED) is 0.414. The molecule has 19 heavy (non-hydrogen) atoms.